The SMILES string of the molecule is CN1CC2CN(c3ccc(-c4ccc5c(c4)C=CC5)nn3)CC2C1. The maximum absolute atomic E-state index is 4.52. The summed E-state index contributed by atoms with van der Waals surface area (Å²) in [7, 11) is 2.23. The van der Waals surface area contributed by atoms with Gasteiger partial charge in [-0.15, -0.1) is 10.2 Å². The van der Waals surface area contributed by atoms with Crippen LogP contribution in [-0.2, 0) is 6.42 Å². The first-order chi connectivity index (χ1) is 11.8. The molecule has 2 saturated heterocycles. The maximum atomic E-state index is 4.52. The second-order valence-corrected chi connectivity index (χ2v) is 7.44. The molecule has 2 unspecified atom stereocenters. The highest BCUT2D eigenvalue weighted by Gasteiger charge is 2.39. The monoisotopic (exact) mass is 318 g/mol. The van der Waals surface area contributed by atoms with Crippen molar-refractivity contribution in [2.75, 3.05) is 38.1 Å². The molecule has 1 aromatic carbocycles. The lowest BCUT2D eigenvalue weighted by atomic mass is 10.0. The Morgan fingerprint density at radius 1 is 0.958 bits per heavy atom. The first-order valence-electron chi connectivity index (χ1n) is 8.83. The van der Waals surface area contributed by atoms with Crippen molar-refractivity contribution in [3.8, 4) is 11.3 Å². The fourth-order valence-corrected chi connectivity index (χ4v) is 4.47. The summed E-state index contributed by atoms with van der Waals surface area (Å²) in [6.45, 7) is 4.67. The standard InChI is InChI=1S/C20H22N4/c1-23-10-17-12-24(13-18(17)11-23)20-8-7-19(21-22-20)16-6-5-14-3-2-4-15(14)9-16/h2,4-9,17-18H,3,10-13H2,1H3. The van der Waals surface area contributed by atoms with Gasteiger partial charge in [-0.1, -0.05) is 24.3 Å². The predicted molar refractivity (Wildman–Crippen MR) is 96.9 cm³/mol. The minimum Gasteiger partial charge on any atom is -0.354 e. The van der Waals surface area contributed by atoms with Gasteiger partial charge in [-0.25, -0.2) is 0 Å². The molecule has 122 valence electrons. The molecular formula is C20H22N4. The third-order valence-corrected chi connectivity index (χ3v) is 5.72. The predicted octanol–water partition coefficient (Wildman–Crippen LogP) is 2.71. The number of likely N-dealkylation sites (tertiary alicyclic amines) is 1. The number of aromatic nitrogens is 2. The van der Waals surface area contributed by atoms with Crippen LogP contribution in [0.15, 0.2) is 36.4 Å². The van der Waals surface area contributed by atoms with Gasteiger partial charge in [-0.05, 0) is 54.6 Å². The van der Waals surface area contributed by atoms with Gasteiger partial charge in [0.25, 0.3) is 0 Å². The Bertz CT molecular complexity index is 782. The first kappa shape index (κ1) is 14.2. The quantitative estimate of drug-likeness (QED) is 0.852. The van der Waals surface area contributed by atoms with Crippen molar-refractivity contribution in [3.05, 3.63) is 47.5 Å². The zero-order chi connectivity index (χ0) is 16.1. The topological polar surface area (TPSA) is 32.3 Å². The van der Waals surface area contributed by atoms with Gasteiger partial charge >= 0.3 is 0 Å². The molecule has 1 aromatic heterocycles. The number of hydrogen-bond donors (Lipinski definition) is 0. The van der Waals surface area contributed by atoms with E-state index in [0.29, 0.717) is 0 Å². The summed E-state index contributed by atoms with van der Waals surface area (Å²) in [6.07, 6.45) is 5.46. The molecule has 0 saturated carbocycles. The van der Waals surface area contributed by atoms with Crippen LogP contribution in [0, 0.1) is 11.8 Å². The molecule has 2 atom stereocenters. The van der Waals surface area contributed by atoms with Crippen LogP contribution in [0.5, 0.6) is 0 Å². The van der Waals surface area contributed by atoms with Crippen LogP contribution < -0.4 is 4.90 Å². The molecule has 4 heteroatoms. The van der Waals surface area contributed by atoms with Crippen molar-refractivity contribution in [2.24, 2.45) is 11.8 Å². The molecule has 5 rings (SSSR count). The van der Waals surface area contributed by atoms with Gasteiger partial charge in [0.1, 0.15) is 0 Å². The van der Waals surface area contributed by atoms with E-state index in [-0.39, 0.29) is 0 Å². The average molecular weight is 318 g/mol. The first-order valence-corrected chi connectivity index (χ1v) is 8.83. The number of rotatable bonds is 2. The summed E-state index contributed by atoms with van der Waals surface area (Å²) in [6, 6.07) is 10.8. The zero-order valence-corrected chi connectivity index (χ0v) is 14.0. The smallest absolute Gasteiger partial charge is 0.151 e. The molecule has 3 heterocycles. The van der Waals surface area contributed by atoms with E-state index in [9.17, 15) is 0 Å². The van der Waals surface area contributed by atoms with Crippen molar-refractivity contribution in [1.82, 2.24) is 15.1 Å². The van der Waals surface area contributed by atoms with Gasteiger partial charge < -0.3 is 9.80 Å². The lowest BCUT2D eigenvalue weighted by molar-refractivity contribution is 0.387. The van der Waals surface area contributed by atoms with E-state index < -0.39 is 0 Å². The third kappa shape index (κ3) is 2.33. The van der Waals surface area contributed by atoms with Crippen LogP contribution in [-0.4, -0.2) is 48.3 Å². The van der Waals surface area contributed by atoms with E-state index in [1.165, 1.54) is 24.2 Å². The van der Waals surface area contributed by atoms with Crippen LogP contribution in [0.2, 0.25) is 0 Å². The molecule has 2 aromatic rings. The molecule has 0 spiro atoms. The molecule has 0 N–H and O–H groups in total. The Balaban J connectivity index is 1.35. The minimum absolute atomic E-state index is 0.792. The molecule has 2 fully saturated rings. The van der Waals surface area contributed by atoms with Crippen molar-refractivity contribution >= 4 is 11.9 Å². The molecule has 24 heavy (non-hydrogen) atoms. The molecule has 0 radical (unpaired) electrons. The van der Waals surface area contributed by atoms with E-state index in [0.717, 1.165) is 48.4 Å². The molecule has 1 aliphatic carbocycles. The van der Waals surface area contributed by atoms with E-state index in [4.69, 9.17) is 0 Å². The summed E-state index contributed by atoms with van der Waals surface area (Å²) < 4.78 is 0. The highest BCUT2D eigenvalue weighted by Crippen LogP contribution is 2.33. The van der Waals surface area contributed by atoms with Crippen molar-refractivity contribution in [2.45, 2.75) is 6.42 Å². The van der Waals surface area contributed by atoms with Gasteiger partial charge in [-0.2, -0.15) is 0 Å². The number of allylic oxidation sites excluding steroid dienone is 1. The fourth-order valence-electron chi connectivity index (χ4n) is 4.47. The summed E-state index contributed by atoms with van der Waals surface area (Å²) >= 11 is 0. The fraction of sp³-hybridized carbons (Fsp3) is 0.400. The summed E-state index contributed by atoms with van der Waals surface area (Å²) in [4.78, 5) is 4.86. The molecular weight excluding hydrogens is 296 g/mol. The highest BCUT2D eigenvalue weighted by atomic mass is 15.3. The Labute approximate surface area is 142 Å². The van der Waals surface area contributed by atoms with Crippen molar-refractivity contribution in [3.63, 3.8) is 0 Å². The summed E-state index contributed by atoms with van der Waals surface area (Å²) in [5.41, 5.74) is 4.83. The number of nitrogens with zero attached hydrogens (tertiary/aromatic N) is 4. The van der Waals surface area contributed by atoms with Gasteiger partial charge in [0.15, 0.2) is 5.82 Å². The lowest BCUT2D eigenvalue weighted by Gasteiger charge is -2.19. The normalized spacial score (nSPS) is 25.3. The molecule has 3 aliphatic rings. The second-order valence-electron chi connectivity index (χ2n) is 7.44. The largest absolute Gasteiger partial charge is 0.354 e. The second kappa shape index (κ2) is 5.42. The van der Waals surface area contributed by atoms with Gasteiger partial charge in [0.05, 0.1) is 5.69 Å². The maximum Gasteiger partial charge on any atom is 0.151 e. The van der Waals surface area contributed by atoms with Crippen molar-refractivity contribution < 1.29 is 0 Å². The number of hydrogen-bond acceptors (Lipinski definition) is 4. The molecule has 2 aliphatic heterocycles. The van der Waals surface area contributed by atoms with E-state index >= 15 is 0 Å². The Kier molecular flexibility index (Phi) is 3.20. The van der Waals surface area contributed by atoms with Crippen LogP contribution in [0.4, 0.5) is 5.82 Å². The summed E-state index contributed by atoms with van der Waals surface area (Å²) in [5, 5.41) is 9.02. The Hall–Kier alpha value is -2.20. The van der Waals surface area contributed by atoms with E-state index in [1.807, 2.05) is 0 Å². The molecule has 0 bridgehead atoms. The van der Waals surface area contributed by atoms with E-state index in [1.54, 1.807) is 0 Å². The van der Waals surface area contributed by atoms with Crippen LogP contribution in [0.3, 0.4) is 0 Å². The van der Waals surface area contributed by atoms with E-state index in [2.05, 4.69) is 69.5 Å². The number of anilines is 1. The molecule has 0 amide bonds. The number of fused-ring (bicyclic) bond motifs is 2. The lowest BCUT2D eigenvalue weighted by Crippen LogP contribution is -2.27. The van der Waals surface area contributed by atoms with Crippen LogP contribution in [0.25, 0.3) is 17.3 Å². The highest BCUT2D eigenvalue weighted by molar-refractivity contribution is 5.69. The van der Waals surface area contributed by atoms with Gasteiger partial charge in [0.2, 0.25) is 0 Å². The zero-order valence-electron chi connectivity index (χ0n) is 14.0. The van der Waals surface area contributed by atoms with Gasteiger partial charge in [0, 0.05) is 31.7 Å². The Morgan fingerprint density at radius 2 is 1.79 bits per heavy atom. The Morgan fingerprint density at radius 3 is 2.54 bits per heavy atom. The number of benzene rings is 1. The molecule has 4 nitrogen and oxygen atoms in total. The average Bonchev–Trinajstić information content (AvgIpc) is 3.28. The van der Waals surface area contributed by atoms with Crippen LogP contribution in [0.1, 0.15) is 11.1 Å². The third-order valence-electron chi connectivity index (χ3n) is 5.72. The summed E-state index contributed by atoms with van der Waals surface area (Å²) in [5.74, 6) is 2.61. The van der Waals surface area contributed by atoms with Crippen LogP contribution >= 0.6 is 0 Å². The van der Waals surface area contributed by atoms with Crippen molar-refractivity contribution in [1.29, 1.82) is 0 Å². The minimum atomic E-state index is 0.792. The van der Waals surface area contributed by atoms with Gasteiger partial charge in [-0.3, -0.25) is 0 Å².